The predicted octanol–water partition coefficient (Wildman–Crippen LogP) is 13.9. The van der Waals surface area contributed by atoms with Gasteiger partial charge >= 0.3 is 0 Å². The van der Waals surface area contributed by atoms with Crippen molar-refractivity contribution in [3.63, 3.8) is 0 Å². The summed E-state index contributed by atoms with van der Waals surface area (Å²) in [5.41, 5.74) is 16.6. The molecule has 0 aliphatic carbocycles. The Hall–Kier alpha value is -6.64. The van der Waals surface area contributed by atoms with Crippen LogP contribution in [0.15, 0.2) is 194 Å². The predicted molar refractivity (Wildman–Crippen MR) is 221 cm³/mol. The van der Waals surface area contributed by atoms with Crippen LogP contribution in [0.1, 0.15) is 11.1 Å². The van der Waals surface area contributed by atoms with Crippen LogP contribution in [0.25, 0.3) is 60.9 Å². The van der Waals surface area contributed by atoms with E-state index in [1.54, 1.807) is 0 Å². The van der Waals surface area contributed by atoms with E-state index < -0.39 is 0 Å². The van der Waals surface area contributed by atoms with Gasteiger partial charge < -0.3 is 9.47 Å². The van der Waals surface area contributed by atoms with Crippen molar-refractivity contribution in [2.75, 3.05) is 4.90 Å². The smallest absolute Gasteiger partial charge is 0.0562 e. The van der Waals surface area contributed by atoms with E-state index in [1.807, 2.05) is 0 Å². The topological polar surface area (TPSA) is 8.17 Å². The zero-order chi connectivity index (χ0) is 35.0. The van der Waals surface area contributed by atoms with Gasteiger partial charge in [0.15, 0.2) is 0 Å². The molecule has 0 saturated heterocycles. The van der Waals surface area contributed by atoms with Crippen LogP contribution in [0, 0.1) is 13.8 Å². The fourth-order valence-corrected chi connectivity index (χ4v) is 7.79. The Bertz CT molecular complexity index is 2670. The fourth-order valence-electron chi connectivity index (χ4n) is 7.79. The lowest BCUT2D eigenvalue weighted by Crippen LogP contribution is -2.11. The number of anilines is 3. The average Bonchev–Trinajstić information content (AvgIpc) is 3.52. The third-order valence-corrected chi connectivity index (χ3v) is 10.1. The van der Waals surface area contributed by atoms with Gasteiger partial charge in [-0.05, 0) is 78.6 Å². The van der Waals surface area contributed by atoms with Crippen LogP contribution in [0.2, 0.25) is 0 Å². The highest BCUT2D eigenvalue weighted by Crippen LogP contribution is 2.44. The molecule has 0 saturated carbocycles. The van der Waals surface area contributed by atoms with Gasteiger partial charge in [0.1, 0.15) is 0 Å². The minimum atomic E-state index is 1.09. The van der Waals surface area contributed by atoms with Crippen LogP contribution in [0.4, 0.5) is 17.1 Å². The SMILES string of the molecule is Cc1cc(C)cc(-c2ccccc2-n2c3ccccc3c3ccc(N(c4ccc(-c5ccccc5)cc4)c4ccccc4-c4ccccc4)cc32)c1. The fraction of sp³-hybridized carbons (Fsp3) is 0.0400. The molecule has 0 atom stereocenters. The summed E-state index contributed by atoms with van der Waals surface area (Å²) in [6.07, 6.45) is 0. The zero-order valence-electron chi connectivity index (χ0n) is 29.4. The van der Waals surface area contributed by atoms with E-state index in [0.29, 0.717) is 0 Å². The molecule has 248 valence electrons. The Kier molecular flexibility index (Phi) is 7.98. The van der Waals surface area contributed by atoms with E-state index in [-0.39, 0.29) is 0 Å². The van der Waals surface area contributed by atoms with Gasteiger partial charge in [0.05, 0.1) is 22.4 Å². The number of nitrogens with zero attached hydrogens (tertiary/aromatic N) is 2. The lowest BCUT2D eigenvalue weighted by molar-refractivity contribution is 1.18. The van der Waals surface area contributed by atoms with E-state index >= 15 is 0 Å². The van der Waals surface area contributed by atoms with E-state index in [2.05, 4.69) is 217 Å². The Morgan fingerprint density at radius 1 is 0.365 bits per heavy atom. The lowest BCUT2D eigenvalue weighted by atomic mass is 9.99. The third kappa shape index (κ3) is 5.65. The molecule has 0 bridgehead atoms. The maximum Gasteiger partial charge on any atom is 0.0562 e. The second kappa shape index (κ2) is 13.2. The van der Waals surface area contributed by atoms with Crippen LogP contribution >= 0.6 is 0 Å². The molecular formula is C50H38N2. The van der Waals surface area contributed by atoms with Crippen molar-refractivity contribution in [3.05, 3.63) is 205 Å². The van der Waals surface area contributed by atoms with Gasteiger partial charge in [0, 0.05) is 33.3 Å². The first-order chi connectivity index (χ1) is 25.6. The summed E-state index contributed by atoms with van der Waals surface area (Å²) in [5.74, 6) is 0. The summed E-state index contributed by atoms with van der Waals surface area (Å²) in [5, 5.41) is 2.47. The highest BCUT2D eigenvalue weighted by atomic mass is 15.1. The normalized spacial score (nSPS) is 11.3. The number of benzene rings is 8. The number of hydrogen-bond donors (Lipinski definition) is 0. The van der Waals surface area contributed by atoms with Crippen LogP contribution in [0.5, 0.6) is 0 Å². The van der Waals surface area contributed by atoms with Gasteiger partial charge in [-0.25, -0.2) is 0 Å². The Morgan fingerprint density at radius 3 is 1.67 bits per heavy atom. The summed E-state index contributed by atoms with van der Waals surface area (Å²) in [4.78, 5) is 2.41. The minimum absolute atomic E-state index is 1.09. The molecule has 0 spiro atoms. The maximum absolute atomic E-state index is 2.46. The lowest BCUT2D eigenvalue weighted by Gasteiger charge is -2.28. The highest BCUT2D eigenvalue weighted by Gasteiger charge is 2.21. The van der Waals surface area contributed by atoms with E-state index in [0.717, 1.165) is 17.1 Å². The summed E-state index contributed by atoms with van der Waals surface area (Å²) >= 11 is 0. The van der Waals surface area contributed by atoms with Crippen molar-refractivity contribution in [2.45, 2.75) is 13.8 Å². The van der Waals surface area contributed by atoms with Crippen LogP contribution in [-0.4, -0.2) is 4.57 Å². The molecule has 1 aromatic heterocycles. The third-order valence-electron chi connectivity index (χ3n) is 10.1. The molecule has 9 aromatic rings. The number of fused-ring (bicyclic) bond motifs is 3. The van der Waals surface area contributed by atoms with Gasteiger partial charge in [-0.15, -0.1) is 0 Å². The molecule has 2 nitrogen and oxygen atoms in total. The van der Waals surface area contributed by atoms with Crippen molar-refractivity contribution in [2.24, 2.45) is 0 Å². The molecule has 9 rings (SSSR count). The molecule has 0 radical (unpaired) electrons. The van der Waals surface area contributed by atoms with Crippen LogP contribution in [0.3, 0.4) is 0 Å². The number of aryl methyl sites for hydroxylation is 2. The summed E-state index contributed by atoms with van der Waals surface area (Å²) in [6, 6.07) is 70.4. The van der Waals surface area contributed by atoms with Crippen molar-refractivity contribution >= 4 is 38.9 Å². The number of para-hydroxylation sites is 3. The van der Waals surface area contributed by atoms with Gasteiger partial charge in [-0.1, -0.05) is 163 Å². The zero-order valence-corrected chi connectivity index (χ0v) is 29.4. The molecule has 0 unspecified atom stereocenters. The van der Waals surface area contributed by atoms with Gasteiger partial charge in [0.2, 0.25) is 0 Å². The monoisotopic (exact) mass is 666 g/mol. The number of hydrogen-bond acceptors (Lipinski definition) is 1. The molecule has 52 heavy (non-hydrogen) atoms. The largest absolute Gasteiger partial charge is 0.310 e. The molecule has 0 N–H and O–H groups in total. The van der Waals surface area contributed by atoms with Gasteiger partial charge in [-0.2, -0.15) is 0 Å². The summed E-state index contributed by atoms with van der Waals surface area (Å²) in [7, 11) is 0. The van der Waals surface area contributed by atoms with Gasteiger partial charge in [0.25, 0.3) is 0 Å². The first-order valence-corrected chi connectivity index (χ1v) is 17.9. The van der Waals surface area contributed by atoms with E-state index in [4.69, 9.17) is 0 Å². The number of aromatic nitrogens is 1. The number of rotatable bonds is 7. The van der Waals surface area contributed by atoms with Crippen molar-refractivity contribution in [3.8, 4) is 39.1 Å². The molecular weight excluding hydrogens is 629 g/mol. The summed E-state index contributed by atoms with van der Waals surface area (Å²) in [6.45, 7) is 4.36. The highest BCUT2D eigenvalue weighted by molar-refractivity contribution is 6.11. The quantitative estimate of drug-likeness (QED) is 0.164. The minimum Gasteiger partial charge on any atom is -0.310 e. The standard InChI is InChI=1S/C50H38N2/c1-35-31-36(2)33-40(32-35)44-20-10-13-23-48(44)52-49-24-14-11-21-45(49)46-30-29-42(34-50(46)52)51(41-27-25-38(26-28-41)37-15-5-3-6-16-37)47-22-12-9-19-43(47)39-17-7-4-8-18-39/h3-34H,1-2H3. The molecule has 0 aliphatic rings. The van der Waals surface area contributed by atoms with E-state index in [1.165, 1.54) is 72.0 Å². The molecule has 0 fully saturated rings. The first kappa shape index (κ1) is 31.3. The molecule has 0 amide bonds. The van der Waals surface area contributed by atoms with Crippen molar-refractivity contribution in [1.29, 1.82) is 0 Å². The average molecular weight is 667 g/mol. The first-order valence-electron chi connectivity index (χ1n) is 17.9. The molecule has 8 aromatic carbocycles. The van der Waals surface area contributed by atoms with E-state index in [9.17, 15) is 0 Å². The van der Waals surface area contributed by atoms with Crippen molar-refractivity contribution < 1.29 is 0 Å². The van der Waals surface area contributed by atoms with Crippen LogP contribution < -0.4 is 4.90 Å². The maximum atomic E-state index is 2.46. The van der Waals surface area contributed by atoms with Gasteiger partial charge in [-0.3, -0.25) is 0 Å². The second-order valence-electron chi connectivity index (χ2n) is 13.6. The Balaban J connectivity index is 1.29. The van der Waals surface area contributed by atoms with Crippen LogP contribution in [-0.2, 0) is 0 Å². The Morgan fingerprint density at radius 2 is 0.923 bits per heavy atom. The Labute approximate surface area is 305 Å². The molecule has 0 aliphatic heterocycles. The van der Waals surface area contributed by atoms with Crippen molar-refractivity contribution in [1.82, 2.24) is 4.57 Å². The molecule has 1 heterocycles. The summed E-state index contributed by atoms with van der Waals surface area (Å²) < 4.78 is 2.46. The second-order valence-corrected chi connectivity index (χ2v) is 13.6. The molecule has 2 heteroatoms.